The van der Waals surface area contributed by atoms with Crippen LogP contribution in [-0.2, 0) is 14.3 Å². The fourth-order valence-electron chi connectivity index (χ4n) is 0.428. The van der Waals surface area contributed by atoms with Crippen molar-refractivity contribution in [3.63, 3.8) is 0 Å². The zero-order valence-corrected chi connectivity index (χ0v) is 6.83. The molecule has 0 aliphatic heterocycles. The molecule has 0 saturated heterocycles. The molecule has 0 amide bonds. The van der Waals surface area contributed by atoms with Gasteiger partial charge in [-0.15, -0.1) is 0 Å². The van der Waals surface area contributed by atoms with Crippen LogP contribution < -0.4 is 0 Å². The Morgan fingerprint density at radius 3 is 2.33 bits per heavy atom. The average molecular weight is 172 g/mol. The van der Waals surface area contributed by atoms with Gasteiger partial charge in [0.15, 0.2) is 0 Å². The normalized spacial score (nSPS) is 11.8. The molecule has 0 aliphatic carbocycles. The van der Waals surface area contributed by atoms with E-state index in [-0.39, 0.29) is 0 Å². The maximum Gasteiger partial charge on any atom is 0.374 e. The lowest BCUT2D eigenvalue weighted by atomic mass is 10.5. The zero-order valence-electron chi connectivity index (χ0n) is 6.83. The molecule has 4 heteroatoms. The molecule has 0 unspecified atom stereocenters. The molecule has 66 valence electrons. The van der Waals surface area contributed by atoms with E-state index in [1.54, 1.807) is 6.92 Å². The van der Waals surface area contributed by atoms with E-state index in [1.807, 2.05) is 0 Å². The summed E-state index contributed by atoms with van der Waals surface area (Å²) >= 11 is 0. The van der Waals surface area contributed by atoms with Crippen LogP contribution in [0.25, 0.3) is 0 Å². The van der Waals surface area contributed by atoms with Crippen molar-refractivity contribution >= 4 is 11.9 Å². The molecule has 0 radical (unpaired) electrons. The molecule has 0 spiro atoms. The Labute approximate surface area is 69.5 Å². The first-order valence-corrected chi connectivity index (χ1v) is 3.32. The van der Waals surface area contributed by atoms with Crippen molar-refractivity contribution in [2.75, 3.05) is 0 Å². The summed E-state index contributed by atoms with van der Waals surface area (Å²) in [6.07, 6.45) is 3.34. The van der Waals surface area contributed by atoms with Crippen LogP contribution in [-0.4, -0.2) is 11.9 Å². The predicted octanol–water partition coefficient (Wildman–Crippen LogP) is 1.51. The summed E-state index contributed by atoms with van der Waals surface area (Å²) in [6, 6.07) is 0. The first kappa shape index (κ1) is 10.6. The van der Waals surface area contributed by atoms with E-state index in [1.165, 1.54) is 13.0 Å². The summed E-state index contributed by atoms with van der Waals surface area (Å²) in [5.41, 5.74) is 0. The highest BCUT2D eigenvalue weighted by Crippen LogP contribution is 1.99. The van der Waals surface area contributed by atoms with Crippen LogP contribution in [0.2, 0.25) is 0 Å². The monoisotopic (exact) mass is 172 g/mol. The number of rotatable bonds is 2. The van der Waals surface area contributed by atoms with Crippen molar-refractivity contribution in [2.45, 2.75) is 13.8 Å². The van der Waals surface area contributed by atoms with Crippen LogP contribution in [0.5, 0.6) is 0 Å². The van der Waals surface area contributed by atoms with E-state index in [0.717, 1.165) is 12.2 Å². The van der Waals surface area contributed by atoms with Gasteiger partial charge in [0.2, 0.25) is 5.83 Å². The minimum Gasteiger partial charge on any atom is -0.384 e. The van der Waals surface area contributed by atoms with E-state index >= 15 is 0 Å². The van der Waals surface area contributed by atoms with E-state index in [2.05, 4.69) is 4.74 Å². The van der Waals surface area contributed by atoms with Crippen molar-refractivity contribution in [3.8, 4) is 0 Å². The molecule has 0 bridgehead atoms. The van der Waals surface area contributed by atoms with E-state index in [4.69, 9.17) is 0 Å². The van der Waals surface area contributed by atoms with E-state index in [9.17, 15) is 14.0 Å². The van der Waals surface area contributed by atoms with Gasteiger partial charge < -0.3 is 4.74 Å². The smallest absolute Gasteiger partial charge is 0.374 e. The van der Waals surface area contributed by atoms with Gasteiger partial charge in [-0.3, -0.25) is 0 Å². The molecule has 0 atom stereocenters. The van der Waals surface area contributed by atoms with Gasteiger partial charge >= 0.3 is 11.9 Å². The summed E-state index contributed by atoms with van der Waals surface area (Å²) in [5, 5.41) is 0. The number of hydrogen-bond donors (Lipinski definition) is 0. The third-order valence-corrected chi connectivity index (χ3v) is 0.944. The van der Waals surface area contributed by atoms with Crippen LogP contribution in [0.15, 0.2) is 24.1 Å². The van der Waals surface area contributed by atoms with Gasteiger partial charge in [0.1, 0.15) is 0 Å². The quantitative estimate of drug-likeness (QED) is 0.360. The molecule has 0 fully saturated rings. The summed E-state index contributed by atoms with van der Waals surface area (Å²) in [7, 11) is 0. The molecule has 0 aromatic heterocycles. The first-order chi connectivity index (χ1) is 5.61. The number of carbonyl (C=O) groups is 2. The number of ether oxygens (including phenoxy) is 1. The van der Waals surface area contributed by atoms with Gasteiger partial charge in [0.25, 0.3) is 0 Å². The lowest BCUT2D eigenvalue weighted by Crippen LogP contribution is -2.10. The number of allylic oxidation sites excluding steroid dienone is 2. The Morgan fingerprint density at radius 2 is 1.92 bits per heavy atom. The number of carbonyl (C=O) groups excluding carboxylic acids is 2. The fraction of sp³-hybridized carbons (Fsp3) is 0.250. The second-order valence-electron chi connectivity index (χ2n) is 1.85. The lowest BCUT2D eigenvalue weighted by molar-refractivity contribution is -0.154. The van der Waals surface area contributed by atoms with Gasteiger partial charge in [-0.05, 0) is 19.9 Å². The molecule has 0 aliphatic rings. The molecule has 0 heterocycles. The Bertz CT molecular complexity index is 241. The zero-order chi connectivity index (χ0) is 9.56. The van der Waals surface area contributed by atoms with Gasteiger partial charge in [-0.2, -0.15) is 4.39 Å². The lowest BCUT2D eigenvalue weighted by Gasteiger charge is -1.95. The minimum atomic E-state index is -1.26. The van der Waals surface area contributed by atoms with Crippen molar-refractivity contribution < 1.29 is 18.7 Å². The summed E-state index contributed by atoms with van der Waals surface area (Å²) in [6.45, 7) is 2.91. The standard InChI is InChI=1S/C8H9FO3/c1-3-5-7(10)12-8(11)6(9)4-2/h3-5H,1-2H3. The maximum atomic E-state index is 12.3. The Morgan fingerprint density at radius 1 is 1.33 bits per heavy atom. The topological polar surface area (TPSA) is 43.4 Å². The van der Waals surface area contributed by atoms with E-state index in [0.29, 0.717) is 0 Å². The molecule has 3 nitrogen and oxygen atoms in total. The Hall–Kier alpha value is -1.45. The number of hydrogen-bond acceptors (Lipinski definition) is 3. The molecule has 0 rings (SSSR count). The molecular weight excluding hydrogens is 163 g/mol. The molecular formula is C8H9FO3. The third kappa shape index (κ3) is 3.65. The largest absolute Gasteiger partial charge is 0.384 e. The SMILES string of the molecule is CC=CC(=O)OC(=O)C(F)=CC. The van der Waals surface area contributed by atoms with Crippen molar-refractivity contribution in [3.05, 3.63) is 24.1 Å². The van der Waals surface area contributed by atoms with Gasteiger partial charge in [-0.1, -0.05) is 6.08 Å². The number of esters is 2. The second-order valence-corrected chi connectivity index (χ2v) is 1.85. The molecule has 0 aromatic carbocycles. The van der Waals surface area contributed by atoms with E-state index < -0.39 is 17.8 Å². The highest BCUT2D eigenvalue weighted by atomic mass is 19.1. The highest BCUT2D eigenvalue weighted by Gasteiger charge is 2.11. The average Bonchev–Trinajstić information content (AvgIpc) is 2.03. The predicted molar refractivity (Wildman–Crippen MR) is 40.8 cm³/mol. The molecule has 0 saturated carbocycles. The van der Waals surface area contributed by atoms with Crippen LogP contribution in [0.3, 0.4) is 0 Å². The number of halogens is 1. The fourth-order valence-corrected chi connectivity index (χ4v) is 0.428. The maximum absolute atomic E-state index is 12.3. The molecule has 0 aromatic rings. The summed E-state index contributed by atoms with van der Waals surface area (Å²) < 4.78 is 16.4. The van der Waals surface area contributed by atoms with Crippen molar-refractivity contribution in [1.82, 2.24) is 0 Å². The van der Waals surface area contributed by atoms with Crippen LogP contribution >= 0.6 is 0 Å². The van der Waals surface area contributed by atoms with Crippen LogP contribution in [0.4, 0.5) is 4.39 Å². The van der Waals surface area contributed by atoms with Crippen molar-refractivity contribution in [1.29, 1.82) is 0 Å². The third-order valence-electron chi connectivity index (χ3n) is 0.944. The van der Waals surface area contributed by atoms with Gasteiger partial charge in [0, 0.05) is 6.08 Å². The minimum absolute atomic E-state index is 0.875. The highest BCUT2D eigenvalue weighted by molar-refractivity contribution is 5.98. The molecule has 0 N–H and O–H groups in total. The van der Waals surface area contributed by atoms with Gasteiger partial charge in [0.05, 0.1) is 0 Å². The second kappa shape index (κ2) is 5.23. The summed E-state index contributed by atoms with van der Waals surface area (Å²) in [5.74, 6) is -3.21. The van der Waals surface area contributed by atoms with Crippen molar-refractivity contribution in [2.24, 2.45) is 0 Å². The molecule has 12 heavy (non-hydrogen) atoms. The Balaban J connectivity index is 4.11. The van der Waals surface area contributed by atoms with Crippen LogP contribution in [0.1, 0.15) is 13.8 Å². The first-order valence-electron chi connectivity index (χ1n) is 3.32. The Kier molecular flexibility index (Phi) is 4.60. The summed E-state index contributed by atoms with van der Waals surface area (Å²) in [4.78, 5) is 21.1. The van der Waals surface area contributed by atoms with Crippen LogP contribution in [0, 0.1) is 0 Å². The van der Waals surface area contributed by atoms with Gasteiger partial charge in [-0.25, -0.2) is 9.59 Å².